The highest BCUT2D eigenvalue weighted by Crippen LogP contribution is 2.25. The van der Waals surface area contributed by atoms with E-state index >= 15 is 0 Å². The van der Waals surface area contributed by atoms with Gasteiger partial charge in [-0.05, 0) is 46.5 Å². The van der Waals surface area contributed by atoms with E-state index < -0.39 is 16.0 Å². The van der Waals surface area contributed by atoms with Crippen molar-refractivity contribution in [3.05, 3.63) is 27.1 Å². The third-order valence-corrected chi connectivity index (χ3v) is 5.55. The standard InChI is InChI=1S/C12H15Br2NO4S/c1-8(2-5-12(16)17)7-15-20(18,19)11-4-3-9(13)6-10(11)14/h3-4,6,8,15H,2,5,7H2,1H3,(H,16,17). The predicted octanol–water partition coefficient (Wildman–Crippen LogP) is 2.99. The summed E-state index contributed by atoms with van der Waals surface area (Å²) in [6, 6.07) is 4.80. The fourth-order valence-electron chi connectivity index (χ4n) is 1.49. The first-order chi connectivity index (χ1) is 9.22. The molecule has 1 atom stereocenters. The minimum atomic E-state index is -3.61. The Hall–Kier alpha value is -0.440. The molecule has 0 radical (unpaired) electrons. The van der Waals surface area contributed by atoms with E-state index in [0.717, 1.165) is 4.47 Å². The number of sulfonamides is 1. The van der Waals surface area contributed by atoms with Gasteiger partial charge in [0.1, 0.15) is 0 Å². The van der Waals surface area contributed by atoms with Gasteiger partial charge in [-0.3, -0.25) is 4.79 Å². The summed E-state index contributed by atoms with van der Waals surface area (Å²) in [5.74, 6) is -0.925. The molecule has 1 aromatic rings. The molecule has 0 fully saturated rings. The van der Waals surface area contributed by atoms with Crippen LogP contribution >= 0.6 is 31.9 Å². The lowest BCUT2D eigenvalue weighted by atomic mass is 10.1. The maximum atomic E-state index is 12.1. The molecule has 1 aromatic carbocycles. The quantitative estimate of drug-likeness (QED) is 0.699. The molecule has 1 rings (SSSR count). The lowest BCUT2D eigenvalue weighted by molar-refractivity contribution is -0.137. The first-order valence-corrected chi connectivity index (χ1v) is 8.96. The molecular weight excluding hydrogens is 414 g/mol. The van der Waals surface area contributed by atoms with Crippen molar-refractivity contribution < 1.29 is 18.3 Å². The minimum Gasteiger partial charge on any atom is -0.481 e. The molecular formula is C12H15Br2NO4S. The summed E-state index contributed by atoms with van der Waals surface area (Å²) in [4.78, 5) is 10.6. The Morgan fingerprint density at radius 1 is 1.40 bits per heavy atom. The fourth-order valence-corrected chi connectivity index (χ4v) is 4.40. The Balaban J connectivity index is 2.68. The summed E-state index contributed by atoms with van der Waals surface area (Å²) in [6.45, 7) is 2.01. The number of benzene rings is 1. The lowest BCUT2D eigenvalue weighted by Gasteiger charge is -2.13. The first kappa shape index (κ1) is 17.6. The van der Waals surface area contributed by atoms with Crippen molar-refractivity contribution in [2.24, 2.45) is 5.92 Å². The number of carboxylic acid groups (broad SMARTS) is 1. The molecule has 0 aliphatic rings. The van der Waals surface area contributed by atoms with Crippen LogP contribution in [0.2, 0.25) is 0 Å². The fraction of sp³-hybridized carbons (Fsp3) is 0.417. The van der Waals surface area contributed by atoms with E-state index in [0.29, 0.717) is 10.9 Å². The molecule has 0 saturated heterocycles. The smallest absolute Gasteiger partial charge is 0.303 e. The summed E-state index contributed by atoms with van der Waals surface area (Å²) in [6.07, 6.45) is 0.463. The molecule has 0 heterocycles. The summed E-state index contributed by atoms with van der Waals surface area (Å²) >= 11 is 6.47. The highest BCUT2D eigenvalue weighted by atomic mass is 79.9. The zero-order valence-corrected chi connectivity index (χ0v) is 14.8. The zero-order valence-electron chi connectivity index (χ0n) is 10.8. The van der Waals surface area contributed by atoms with E-state index in [1.54, 1.807) is 12.1 Å². The summed E-state index contributed by atoms with van der Waals surface area (Å²) in [5.41, 5.74) is 0. The normalized spacial score (nSPS) is 13.2. The maximum absolute atomic E-state index is 12.1. The topological polar surface area (TPSA) is 83.5 Å². The van der Waals surface area contributed by atoms with Gasteiger partial charge in [-0.15, -0.1) is 0 Å². The van der Waals surface area contributed by atoms with Gasteiger partial charge >= 0.3 is 5.97 Å². The Labute approximate surface area is 135 Å². The Bertz CT molecular complexity index is 589. The summed E-state index contributed by atoms with van der Waals surface area (Å²) < 4.78 is 28.0. The van der Waals surface area contributed by atoms with E-state index in [4.69, 9.17) is 5.11 Å². The van der Waals surface area contributed by atoms with Crippen LogP contribution in [0.25, 0.3) is 0 Å². The van der Waals surface area contributed by atoms with Crippen LogP contribution < -0.4 is 4.72 Å². The number of nitrogens with one attached hydrogen (secondary N) is 1. The summed E-state index contributed by atoms with van der Waals surface area (Å²) in [7, 11) is -3.61. The Morgan fingerprint density at radius 3 is 2.60 bits per heavy atom. The second-order valence-corrected chi connectivity index (χ2v) is 7.97. The molecule has 0 saturated carbocycles. The van der Waals surface area contributed by atoms with Crippen LogP contribution in [0.1, 0.15) is 19.8 Å². The van der Waals surface area contributed by atoms with Gasteiger partial charge in [-0.1, -0.05) is 22.9 Å². The number of carbonyl (C=O) groups is 1. The highest BCUT2D eigenvalue weighted by Gasteiger charge is 2.18. The van der Waals surface area contributed by atoms with E-state index in [9.17, 15) is 13.2 Å². The van der Waals surface area contributed by atoms with Gasteiger partial charge in [0.05, 0.1) is 4.90 Å². The van der Waals surface area contributed by atoms with Crippen LogP contribution in [0.3, 0.4) is 0 Å². The van der Waals surface area contributed by atoms with E-state index in [-0.39, 0.29) is 23.8 Å². The molecule has 0 spiro atoms. The molecule has 20 heavy (non-hydrogen) atoms. The molecule has 0 amide bonds. The molecule has 0 aromatic heterocycles. The SMILES string of the molecule is CC(CCC(=O)O)CNS(=O)(=O)c1ccc(Br)cc1Br. The third kappa shape index (κ3) is 5.51. The van der Waals surface area contributed by atoms with Crippen LogP contribution in [0.5, 0.6) is 0 Å². The van der Waals surface area contributed by atoms with Gasteiger partial charge in [0.2, 0.25) is 10.0 Å². The second-order valence-electron chi connectivity index (χ2n) is 4.46. The van der Waals surface area contributed by atoms with Crippen LogP contribution in [-0.4, -0.2) is 26.0 Å². The number of aliphatic carboxylic acids is 1. The van der Waals surface area contributed by atoms with Gasteiger partial charge < -0.3 is 5.11 Å². The van der Waals surface area contributed by atoms with Crippen LogP contribution in [0.15, 0.2) is 32.0 Å². The number of hydrogen-bond acceptors (Lipinski definition) is 3. The van der Waals surface area contributed by atoms with Crippen molar-refractivity contribution in [2.75, 3.05) is 6.54 Å². The van der Waals surface area contributed by atoms with E-state index in [1.807, 2.05) is 6.92 Å². The number of carboxylic acids is 1. The van der Waals surface area contributed by atoms with Crippen molar-refractivity contribution in [3.8, 4) is 0 Å². The average Bonchev–Trinajstić information content (AvgIpc) is 2.33. The number of rotatable bonds is 7. The monoisotopic (exact) mass is 427 g/mol. The number of halogens is 2. The minimum absolute atomic E-state index is 0.0326. The van der Waals surface area contributed by atoms with Crippen molar-refractivity contribution in [3.63, 3.8) is 0 Å². The molecule has 0 aliphatic carbocycles. The predicted molar refractivity (Wildman–Crippen MR) is 83.1 cm³/mol. The van der Waals surface area contributed by atoms with Crippen molar-refractivity contribution >= 4 is 47.9 Å². The Morgan fingerprint density at radius 2 is 2.05 bits per heavy atom. The van der Waals surface area contributed by atoms with Crippen LogP contribution in [0.4, 0.5) is 0 Å². The largest absolute Gasteiger partial charge is 0.481 e. The van der Waals surface area contributed by atoms with E-state index in [1.165, 1.54) is 6.07 Å². The molecule has 0 bridgehead atoms. The Kier molecular flexibility index (Phi) is 6.63. The van der Waals surface area contributed by atoms with Crippen molar-refractivity contribution in [1.29, 1.82) is 0 Å². The molecule has 112 valence electrons. The summed E-state index contributed by atoms with van der Waals surface area (Å²) in [5, 5.41) is 8.58. The molecule has 2 N–H and O–H groups in total. The van der Waals surface area contributed by atoms with Gasteiger partial charge in [-0.2, -0.15) is 0 Å². The first-order valence-electron chi connectivity index (χ1n) is 5.89. The maximum Gasteiger partial charge on any atom is 0.303 e. The van der Waals surface area contributed by atoms with Gasteiger partial charge in [-0.25, -0.2) is 13.1 Å². The van der Waals surface area contributed by atoms with E-state index in [2.05, 4.69) is 36.6 Å². The van der Waals surface area contributed by atoms with Gasteiger partial charge in [0.25, 0.3) is 0 Å². The van der Waals surface area contributed by atoms with Crippen molar-refractivity contribution in [1.82, 2.24) is 4.72 Å². The number of hydrogen-bond donors (Lipinski definition) is 2. The molecule has 5 nitrogen and oxygen atoms in total. The zero-order chi connectivity index (χ0) is 15.3. The van der Waals surface area contributed by atoms with Crippen LogP contribution in [0, 0.1) is 5.92 Å². The second kappa shape index (κ2) is 7.53. The molecule has 0 aliphatic heterocycles. The molecule has 8 heteroatoms. The lowest BCUT2D eigenvalue weighted by Crippen LogP contribution is -2.29. The third-order valence-electron chi connectivity index (χ3n) is 2.66. The van der Waals surface area contributed by atoms with Crippen LogP contribution in [-0.2, 0) is 14.8 Å². The van der Waals surface area contributed by atoms with Gasteiger partial charge in [0, 0.05) is 21.9 Å². The highest BCUT2D eigenvalue weighted by molar-refractivity contribution is 9.11. The molecule has 1 unspecified atom stereocenters. The average molecular weight is 429 g/mol. The van der Waals surface area contributed by atoms with Gasteiger partial charge in [0.15, 0.2) is 0 Å². The van der Waals surface area contributed by atoms with Crippen molar-refractivity contribution in [2.45, 2.75) is 24.7 Å².